The molecule has 0 bridgehead atoms. The monoisotopic (exact) mass is 291 g/mol. The van der Waals surface area contributed by atoms with Crippen molar-refractivity contribution in [2.24, 2.45) is 7.05 Å². The Bertz CT molecular complexity index is 798. The molecule has 0 aliphatic rings. The molecular formula is C19H21N3. The van der Waals surface area contributed by atoms with Gasteiger partial charge in [0.15, 0.2) is 0 Å². The molecule has 1 aromatic heterocycles. The average molecular weight is 291 g/mol. The van der Waals surface area contributed by atoms with Crippen LogP contribution in [0.25, 0.3) is 22.4 Å². The summed E-state index contributed by atoms with van der Waals surface area (Å²) in [4.78, 5) is 0. The minimum Gasteiger partial charge on any atom is -0.373 e. The highest BCUT2D eigenvalue weighted by Gasteiger charge is 2.06. The van der Waals surface area contributed by atoms with Crippen LogP contribution in [-0.4, -0.2) is 16.8 Å². The van der Waals surface area contributed by atoms with Crippen LogP contribution in [-0.2, 0) is 7.05 Å². The van der Waals surface area contributed by atoms with E-state index in [0.29, 0.717) is 0 Å². The van der Waals surface area contributed by atoms with Crippen molar-refractivity contribution in [3.63, 3.8) is 0 Å². The van der Waals surface area contributed by atoms with Crippen LogP contribution < -0.4 is 5.32 Å². The SMILES string of the molecule is CNc1cc(-c2ccc(-c3ccc(C)c(C)c3)cc2)nn1C. The van der Waals surface area contributed by atoms with Crippen molar-refractivity contribution < 1.29 is 0 Å². The van der Waals surface area contributed by atoms with E-state index in [1.165, 1.54) is 22.3 Å². The van der Waals surface area contributed by atoms with Gasteiger partial charge >= 0.3 is 0 Å². The Kier molecular flexibility index (Phi) is 3.72. The molecule has 0 radical (unpaired) electrons. The molecule has 3 aromatic rings. The van der Waals surface area contributed by atoms with Gasteiger partial charge in [0, 0.05) is 25.7 Å². The molecule has 3 heteroatoms. The van der Waals surface area contributed by atoms with Crippen LogP contribution in [0.1, 0.15) is 11.1 Å². The number of hydrogen-bond donors (Lipinski definition) is 1. The van der Waals surface area contributed by atoms with Gasteiger partial charge in [0.25, 0.3) is 0 Å². The third-order valence-corrected chi connectivity index (χ3v) is 4.16. The maximum absolute atomic E-state index is 4.53. The molecule has 0 atom stereocenters. The summed E-state index contributed by atoms with van der Waals surface area (Å²) in [5, 5.41) is 7.67. The van der Waals surface area contributed by atoms with Crippen LogP contribution in [0.3, 0.4) is 0 Å². The molecule has 1 N–H and O–H groups in total. The summed E-state index contributed by atoms with van der Waals surface area (Å²) in [6, 6.07) is 17.2. The first-order valence-electron chi connectivity index (χ1n) is 7.48. The van der Waals surface area contributed by atoms with Gasteiger partial charge in [-0.3, -0.25) is 4.68 Å². The quantitative estimate of drug-likeness (QED) is 0.774. The van der Waals surface area contributed by atoms with Crippen LogP contribution in [0.15, 0.2) is 48.5 Å². The zero-order valence-corrected chi connectivity index (χ0v) is 13.5. The number of benzene rings is 2. The van der Waals surface area contributed by atoms with Crippen molar-refractivity contribution in [2.45, 2.75) is 13.8 Å². The Morgan fingerprint density at radius 3 is 2.05 bits per heavy atom. The Balaban J connectivity index is 1.93. The van der Waals surface area contributed by atoms with Crippen molar-refractivity contribution >= 4 is 5.82 Å². The lowest BCUT2D eigenvalue weighted by atomic mass is 9.99. The largest absolute Gasteiger partial charge is 0.373 e. The maximum Gasteiger partial charge on any atom is 0.124 e. The topological polar surface area (TPSA) is 29.9 Å². The molecule has 0 unspecified atom stereocenters. The van der Waals surface area contributed by atoms with E-state index in [1.807, 2.05) is 18.8 Å². The summed E-state index contributed by atoms with van der Waals surface area (Å²) >= 11 is 0. The van der Waals surface area contributed by atoms with E-state index in [1.54, 1.807) is 0 Å². The van der Waals surface area contributed by atoms with E-state index in [-0.39, 0.29) is 0 Å². The molecule has 0 saturated heterocycles. The molecule has 0 spiro atoms. The lowest BCUT2D eigenvalue weighted by Gasteiger charge is -2.06. The van der Waals surface area contributed by atoms with Gasteiger partial charge in [-0.05, 0) is 36.1 Å². The first-order chi connectivity index (χ1) is 10.6. The third kappa shape index (κ3) is 2.62. The van der Waals surface area contributed by atoms with Crippen LogP contribution in [0.5, 0.6) is 0 Å². The molecule has 2 aromatic carbocycles. The normalized spacial score (nSPS) is 10.7. The van der Waals surface area contributed by atoms with E-state index in [0.717, 1.165) is 17.1 Å². The van der Waals surface area contributed by atoms with Crippen molar-refractivity contribution in [3.05, 3.63) is 59.7 Å². The van der Waals surface area contributed by atoms with Crippen LogP contribution >= 0.6 is 0 Å². The van der Waals surface area contributed by atoms with E-state index in [4.69, 9.17) is 0 Å². The predicted molar refractivity (Wildman–Crippen MR) is 93.1 cm³/mol. The molecule has 3 nitrogen and oxygen atoms in total. The molecule has 0 amide bonds. The summed E-state index contributed by atoms with van der Waals surface area (Å²) in [5.74, 6) is 1.01. The maximum atomic E-state index is 4.53. The number of anilines is 1. The summed E-state index contributed by atoms with van der Waals surface area (Å²) < 4.78 is 1.85. The van der Waals surface area contributed by atoms with E-state index < -0.39 is 0 Å². The highest BCUT2D eigenvalue weighted by molar-refractivity contribution is 5.70. The molecule has 112 valence electrons. The molecule has 22 heavy (non-hydrogen) atoms. The van der Waals surface area contributed by atoms with E-state index in [9.17, 15) is 0 Å². The van der Waals surface area contributed by atoms with Gasteiger partial charge in [-0.25, -0.2) is 0 Å². The van der Waals surface area contributed by atoms with Crippen LogP contribution in [0.2, 0.25) is 0 Å². The lowest BCUT2D eigenvalue weighted by molar-refractivity contribution is 0.778. The molecular weight excluding hydrogens is 270 g/mol. The van der Waals surface area contributed by atoms with Crippen LogP contribution in [0.4, 0.5) is 5.82 Å². The molecule has 0 saturated carbocycles. The van der Waals surface area contributed by atoms with Crippen molar-refractivity contribution in [3.8, 4) is 22.4 Å². The minimum absolute atomic E-state index is 0.985. The fraction of sp³-hybridized carbons (Fsp3) is 0.211. The predicted octanol–water partition coefficient (Wildman–Crippen LogP) is 4.41. The summed E-state index contributed by atoms with van der Waals surface area (Å²) in [7, 11) is 3.85. The number of aromatic nitrogens is 2. The van der Waals surface area contributed by atoms with Gasteiger partial charge in [-0.1, -0.05) is 42.5 Å². The summed E-state index contributed by atoms with van der Waals surface area (Å²) in [6.07, 6.45) is 0. The van der Waals surface area contributed by atoms with Gasteiger partial charge in [0.05, 0.1) is 5.69 Å². The van der Waals surface area contributed by atoms with Gasteiger partial charge in [-0.2, -0.15) is 5.10 Å². The van der Waals surface area contributed by atoms with Gasteiger partial charge in [0.1, 0.15) is 5.82 Å². The van der Waals surface area contributed by atoms with Gasteiger partial charge in [0.2, 0.25) is 0 Å². The Labute approximate surface area is 131 Å². The fourth-order valence-electron chi connectivity index (χ4n) is 2.60. The molecule has 0 fully saturated rings. The fourth-order valence-corrected chi connectivity index (χ4v) is 2.60. The smallest absolute Gasteiger partial charge is 0.124 e. The molecule has 0 aliphatic heterocycles. The Morgan fingerprint density at radius 1 is 0.818 bits per heavy atom. The highest BCUT2D eigenvalue weighted by Crippen LogP contribution is 2.26. The van der Waals surface area contributed by atoms with Crippen molar-refractivity contribution in [1.29, 1.82) is 0 Å². The van der Waals surface area contributed by atoms with Crippen molar-refractivity contribution in [2.75, 3.05) is 12.4 Å². The molecule has 3 rings (SSSR count). The summed E-state index contributed by atoms with van der Waals surface area (Å²) in [6.45, 7) is 4.29. The number of nitrogens with zero attached hydrogens (tertiary/aromatic N) is 2. The Morgan fingerprint density at radius 2 is 1.45 bits per heavy atom. The van der Waals surface area contributed by atoms with Gasteiger partial charge in [-0.15, -0.1) is 0 Å². The first-order valence-corrected chi connectivity index (χ1v) is 7.48. The van der Waals surface area contributed by atoms with Gasteiger partial charge < -0.3 is 5.32 Å². The average Bonchev–Trinajstić information content (AvgIpc) is 2.91. The summed E-state index contributed by atoms with van der Waals surface area (Å²) in [5.41, 5.74) is 7.25. The zero-order chi connectivity index (χ0) is 15.7. The van der Waals surface area contributed by atoms with E-state index >= 15 is 0 Å². The third-order valence-electron chi connectivity index (χ3n) is 4.16. The Hall–Kier alpha value is -2.55. The number of nitrogens with one attached hydrogen (secondary N) is 1. The molecule has 1 heterocycles. The lowest BCUT2D eigenvalue weighted by Crippen LogP contribution is -1.97. The number of aryl methyl sites for hydroxylation is 3. The second kappa shape index (κ2) is 5.68. The zero-order valence-electron chi connectivity index (χ0n) is 13.5. The van der Waals surface area contributed by atoms with Crippen molar-refractivity contribution in [1.82, 2.24) is 9.78 Å². The standard InChI is InChI=1S/C19H21N3/c1-13-5-6-17(11-14(13)2)15-7-9-16(10-8-15)18-12-19(20-3)22(4)21-18/h5-12,20H,1-4H3. The second-order valence-electron chi connectivity index (χ2n) is 5.66. The van der Waals surface area contributed by atoms with Crippen LogP contribution in [0, 0.1) is 13.8 Å². The number of hydrogen-bond acceptors (Lipinski definition) is 2. The number of rotatable bonds is 3. The minimum atomic E-state index is 0.985. The second-order valence-corrected chi connectivity index (χ2v) is 5.66. The van der Waals surface area contributed by atoms with E-state index in [2.05, 4.69) is 72.8 Å². The first kappa shape index (κ1) is 14.4. The highest BCUT2D eigenvalue weighted by atomic mass is 15.3. The molecule has 0 aliphatic carbocycles.